The van der Waals surface area contributed by atoms with Crippen LogP contribution in [-0.4, -0.2) is 25.5 Å². The maximum Gasteiger partial charge on any atom is 0.00290 e. The second-order valence-electron chi connectivity index (χ2n) is 6.28. The number of aryl methyl sites for hydroxylation is 1. The van der Waals surface area contributed by atoms with E-state index < -0.39 is 0 Å². The van der Waals surface area contributed by atoms with E-state index >= 15 is 0 Å². The molecule has 0 fully saturated rings. The van der Waals surface area contributed by atoms with E-state index in [2.05, 4.69) is 71.8 Å². The molecule has 1 aromatic rings. The molecule has 1 aliphatic carbocycles. The van der Waals surface area contributed by atoms with Gasteiger partial charge in [0.2, 0.25) is 0 Å². The highest BCUT2D eigenvalue weighted by Gasteiger charge is 2.22. The third-order valence-corrected chi connectivity index (χ3v) is 4.28. The molecule has 2 rings (SSSR count). The van der Waals surface area contributed by atoms with Crippen molar-refractivity contribution in [2.24, 2.45) is 0 Å². The number of rotatable bonds is 3. The van der Waals surface area contributed by atoms with E-state index in [4.69, 9.17) is 0 Å². The summed E-state index contributed by atoms with van der Waals surface area (Å²) in [6.07, 6.45) is 2.63. The van der Waals surface area contributed by atoms with Crippen molar-refractivity contribution in [1.82, 2.24) is 4.90 Å². The molecule has 0 amide bonds. The summed E-state index contributed by atoms with van der Waals surface area (Å²) in [5, 5.41) is 0. The number of hydrogen-bond donors (Lipinski definition) is 0. The van der Waals surface area contributed by atoms with E-state index in [0.717, 1.165) is 0 Å². The van der Waals surface area contributed by atoms with Gasteiger partial charge in [-0.1, -0.05) is 49.6 Å². The zero-order chi connectivity index (χ0) is 15.3. The number of benzene rings is 1. The van der Waals surface area contributed by atoms with Gasteiger partial charge in [0, 0.05) is 5.92 Å². The lowest BCUT2D eigenvalue weighted by Gasteiger charge is -2.06. The van der Waals surface area contributed by atoms with E-state index in [1.807, 2.05) is 0 Å². The number of allylic oxidation sites excluding steroid dienone is 2. The van der Waals surface area contributed by atoms with Crippen LogP contribution in [0.2, 0.25) is 0 Å². The van der Waals surface area contributed by atoms with Crippen LogP contribution in [0.4, 0.5) is 0 Å². The number of hydrogen-bond acceptors (Lipinski definition) is 1. The molecule has 0 saturated carbocycles. The minimum atomic E-state index is 0.621. The van der Waals surface area contributed by atoms with Gasteiger partial charge in [-0.05, 0) is 64.5 Å². The Morgan fingerprint density at radius 2 is 1.75 bits per heavy atom. The van der Waals surface area contributed by atoms with Crippen LogP contribution < -0.4 is 0 Å². The normalized spacial score (nSPS) is 17.1. The molecule has 0 spiro atoms. The van der Waals surface area contributed by atoms with Crippen LogP contribution in [0.25, 0.3) is 5.57 Å². The topological polar surface area (TPSA) is 3.24 Å². The van der Waals surface area contributed by atoms with Gasteiger partial charge >= 0.3 is 0 Å². The molecule has 20 heavy (non-hydrogen) atoms. The molecule has 1 atom stereocenters. The van der Waals surface area contributed by atoms with Crippen molar-refractivity contribution in [3.05, 3.63) is 40.5 Å². The van der Waals surface area contributed by atoms with Gasteiger partial charge in [0.1, 0.15) is 0 Å². The third kappa shape index (κ3) is 4.21. The quantitative estimate of drug-likeness (QED) is 0.726. The highest BCUT2D eigenvalue weighted by atomic mass is 15.0. The Morgan fingerprint density at radius 3 is 2.25 bits per heavy atom. The summed E-state index contributed by atoms with van der Waals surface area (Å²) in [6.45, 7) is 12.4. The Balaban J connectivity index is 0.000000246. The standard InChI is InChI=1S/C13H16.C6H15N/c1-8-5-6-12-10(3)9(2)11(4)13(12)7-8;1-4-5-6-7(2)3/h5-7,10H,1-4H3;4-6H2,1-3H3. The smallest absolute Gasteiger partial charge is 0.00290 e. The van der Waals surface area contributed by atoms with Crippen molar-refractivity contribution in [3.8, 4) is 0 Å². The zero-order valence-corrected chi connectivity index (χ0v) is 14.4. The van der Waals surface area contributed by atoms with Gasteiger partial charge in [0.15, 0.2) is 0 Å². The Bertz CT molecular complexity index is 469. The van der Waals surface area contributed by atoms with Gasteiger partial charge in [-0.2, -0.15) is 0 Å². The van der Waals surface area contributed by atoms with E-state index in [-0.39, 0.29) is 0 Å². The van der Waals surface area contributed by atoms with Crippen LogP contribution in [0, 0.1) is 6.92 Å². The summed E-state index contributed by atoms with van der Waals surface area (Å²) in [5.41, 5.74) is 7.33. The minimum Gasteiger partial charge on any atom is -0.309 e. The predicted octanol–water partition coefficient (Wildman–Crippen LogP) is 5.25. The molecular weight excluding hydrogens is 242 g/mol. The summed E-state index contributed by atoms with van der Waals surface area (Å²) >= 11 is 0. The average molecular weight is 273 g/mol. The Morgan fingerprint density at radius 1 is 1.10 bits per heavy atom. The first-order chi connectivity index (χ1) is 9.38. The first-order valence-electron chi connectivity index (χ1n) is 7.81. The van der Waals surface area contributed by atoms with Gasteiger partial charge in [0.05, 0.1) is 0 Å². The first-order valence-corrected chi connectivity index (χ1v) is 7.81. The maximum atomic E-state index is 2.30. The lowest BCUT2D eigenvalue weighted by molar-refractivity contribution is 0.398. The zero-order valence-electron chi connectivity index (χ0n) is 14.4. The van der Waals surface area contributed by atoms with Crippen molar-refractivity contribution < 1.29 is 0 Å². The van der Waals surface area contributed by atoms with Gasteiger partial charge in [0.25, 0.3) is 0 Å². The van der Waals surface area contributed by atoms with Crippen molar-refractivity contribution in [3.63, 3.8) is 0 Å². The van der Waals surface area contributed by atoms with Crippen LogP contribution in [0.5, 0.6) is 0 Å². The molecule has 1 aliphatic rings. The van der Waals surface area contributed by atoms with Crippen molar-refractivity contribution >= 4 is 5.57 Å². The van der Waals surface area contributed by atoms with Crippen molar-refractivity contribution in [2.75, 3.05) is 20.6 Å². The molecule has 112 valence electrons. The molecule has 1 heteroatoms. The monoisotopic (exact) mass is 273 g/mol. The van der Waals surface area contributed by atoms with E-state index in [9.17, 15) is 0 Å². The Labute approximate surface area is 125 Å². The second-order valence-corrected chi connectivity index (χ2v) is 6.28. The molecule has 0 N–H and O–H groups in total. The highest BCUT2D eigenvalue weighted by molar-refractivity contribution is 5.76. The maximum absolute atomic E-state index is 2.30. The fourth-order valence-corrected chi connectivity index (χ4v) is 2.62. The summed E-state index contributed by atoms with van der Waals surface area (Å²) in [7, 11) is 4.21. The number of nitrogens with zero attached hydrogens (tertiary/aromatic N) is 1. The fourth-order valence-electron chi connectivity index (χ4n) is 2.62. The second kappa shape index (κ2) is 7.64. The van der Waals surface area contributed by atoms with Gasteiger partial charge in [-0.15, -0.1) is 0 Å². The van der Waals surface area contributed by atoms with E-state index in [1.165, 1.54) is 47.2 Å². The van der Waals surface area contributed by atoms with Crippen LogP contribution >= 0.6 is 0 Å². The van der Waals surface area contributed by atoms with Crippen molar-refractivity contribution in [2.45, 2.75) is 53.4 Å². The van der Waals surface area contributed by atoms with E-state index in [1.54, 1.807) is 0 Å². The Hall–Kier alpha value is -1.08. The molecule has 1 unspecified atom stereocenters. The van der Waals surface area contributed by atoms with Gasteiger partial charge in [-0.25, -0.2) is 0 Å². The van der Waals surface area contributed by atoms with Crippen molar-refractivity contribution in [1.29, 1.82) is 0 Å². The molecule has 1 nitrogen and oxygen atoms in total. The molecule has 0 aliphatic heterocycles. The molecule has 0 radical (unpaired) electrons. The lowest BCUT2D eigenvalue weighted by atomic mass is 9.98. The van der Waals surface area contributed by atoms with Crippen LogP contribution in [-0.2, 0) is 0 Å². The first kappa shape index (κ1) is 17.0. The minimum absolute atomic E-state index is 0.621. The molecule has 1 aromatic carbocycles. The largest absolute Gasteiger partial charge is 0.309 e. The van der Waals surface area contributed by atoms with Crippen LogP contribution in [0.1, 0.15) is 63.1 Å². The third-order valence-electron chi connectivity index (χ3n) is 4.28. The number of fused-ring (bicyclic) bond motifs is 1. The van der Waals surface area contributed by atoms with Crippen LogP contribution in [0.3, 0.4) is 0 Å². The van der Waals surface area contributed by atoms with Gasteiger partial charge in [-0.3, -0.25) is 0 Å². The highest BCUT2D eigenvalue weighted by Crippen LogP contribution is 2.41. The molecule has 0 saturated heterocycles. The SMILES string of the molecule is CC1=C(C)C(C)c2ccc(C)cc21.CCCCN(C)C. The molecule has 0 aromatic heterocycles. The fraction of sp³-hybridized carbons (Fsp3) is 0.579. The number of unbranched alkanes of at least 4 members (excludes halogenated alkanes) is 1. The summed E-state index contributed by atoms with van der Waals surface area (Å²) < 4.78 is 0. The molecule has 0 heterocycles. The van der Waals surface area contributed by atoms with Gasteiger partial charge < -0.3 is 4.90 Å². The lowest BCUT2D eigenvalue weighted by Crippen LogP contribution is -2.12. The van der Waals surface area contributed by atoms with Crippen LogP contribution in [0.15, 0.2) is 23.8 Å². The van der Waals surface area contributed by atoms with E-state index in [0.29, 0.717) is 5.92 Å². The summed E-state index contributed by atoms with van der Waals surface area (Å²) in [4.78, 5) is 2.21. The molecule has 0 bridgehead atoms. The Kier molecular flexibility index (Phi) is 6.48. The summed E-state index contributed by atoms with van der Waals surface area (Å²) in [6, 6.07) is 6.79. The summed E-state index contributed by atoms with van der Waals surface area (Å²) in [5.74, 6) is 0.621. The average Bonchev–Trinajstić information content (AvgIpc) is 2.62. The molecular formula is C19H31N. The predicted molar refractivity (Wildman–Crippen MR) is 91.3 cm³/mol.